The maximum Gasteiger partial charge on any atom is 0.183 e. The largest absolute Gasteiger partial charge is 0.376 e. The van der Waals surface area contributed by atoms with Gasteiger partial charge in [-0.25, -0.2) is 4.98 Å². The van der Waals surface area contributed by atoms with E-state index in [0.717, 1.165) is 29.5 Å². The summed E-state index contributed by atoms with van der Waals surface area (Å²) in [6.07, 6.45) is 6.92. The third-order valence-corrected chi connectivity index (χ3v) is 7.94. The molecule has 5 rings (SSSR count). The number of nitrogens with zero attached hydrogens (tertiary/aromatic N) is 1. The zero-order valence-corrected chi connectivity index (χ0v) is 17.7. The lowest BCUT2D eigenvalue weighted by molar-refractivity contribution is -0.0799. The monoisotopic (exact) mass is 397 g/mol. The van der Waals surface area contributed by atoms with Crippen LogP contribution < -0.4 is 10.6 Å². The molecule has 2 aliphatic heterocycles. The molecule has 150 valence electrons. The zero-order chi connectivity index (χ0) is 19.1. The third-order valence-electron chi connectivity index (χ3n) is 6.96. The summed E-state index contributed by atoms with van der Waals surface area (Å²) in [5, 5.41) is 8.70. The molecule has 0 radical (unpaired) electrons. The van der Waals surface area contributed by atoms with E-state index in [9.17, 15) is 0 Å². The Hall–Kier alpha value is -1.43. The molecule has 3 aliphatic rings. The highest BCUT2D eigenvalue weighted by Crippen LogP contribution is 2.45. The first-order chi connectivity index (χ1) is 13.6. The molecule has 5 atom stereocenters. The van der Waals surface area contributed by atoms with Gasteiger partial charge in [0.15, 0.2) is 5.13 Å². The van der Waals surface area contributed by atoms with E-state index in [2.05, 4.69) is 59.8 Å². The lowest BCUT2D eigenvalue weighted by Crippen LogP contribution is -2.44. The van der Waals surface area contributed by atoms with Gasteiger partial charge in [0, 0.05) is 24.9 Å². The Bertz CT molecular complexity index is 805. The smallest absolute Gasteiger partial charge is 0.183 e. The van der Waals surface area contributed by atoms with E-state index in [1.54, 1.807) is 11.3 Å². The van der Waals surface area contributed by atoms with Crippen molar-refractivity contribution in [2.45, 2.75) is 57.2 Å². The molecule has 2 saturated heterocycles. The van der Waals surface area contributed by atoms with Crippen LogP contribution in [0.25, 0.3) is 10.4 Å². The first kappa shape index (κ1) is 18.6. The van der Waals surface area contributed by atoms with Crippen molar-refractivity contribution >= 4 is 16.5 Å². The van der Waals surface area contributed by atoms with Crippen molar-refractivity contribution in [3.8, 4) is 10.4 Å². The second kappa shape index (κ2) is 7.43. The maximum absolute atomic E-state index is 5.96. The van der Waals surface area contributed by atoms with E-state index in [0.29, 0.717) is 12.1 Å². The molecule has 2 N–H and O–H groups in total. The fraction of sp³-hybridized carbons (Fsp3) is 0.609. The first-order valence-corrected chi connectivity index (χ1v) is 11.5. The van der Waals surface area contributed by atoms with Gasteiger partial charge in [-0.05, 0) is 69.4 Å². The van der Waals surface area contributed by atoms with Crippen molar-refractivity contribution in [3.63, 3.8) is 0 Å². The Labute approximate surface area is 172 Å². The lowest BCUT2D eigenvalue weighted by atomic mass is 9.78. The summed E-state index contributed by atoms with van der Waals surface area (Å²) in [4.78, 5) is 5.89. The Morgan fingerprint density at radius 2 is 2.04 bits per heavy atom. The van der Waals surface area contributed by atoms with Gasteiger partial charge in [-0.15, -0.1) is 0 Å². The number of thiazole rings is 1. The first-order valence-electron chi connectivity index (χ1n) is 10.7. The van der Waals surface area contributed by atoms with Crippen LogP contribution in [0.15, 0.2) is 36.5 Å². The van der Waals surface area contributed by atoms with Crippen molar-refractivity contribution in [3.05, 3.63) is 36.5 Å². The van der Waals surface area contributed by atoms with Crippen molar-refractivity contribution in [2.24, 2.45) is 17.8 Å². The summed E-state index contributed by atoms with van der Waals surface area (Å²) < 4.78 is 5.96. The predicted molar refractivity (Wildman–Crippen MR) is 116 cm³/mol. The number of rotatable bonds is 4. The Balaban J connectivity index is 1.22. The van der Waals surface area contributed by atoms with Gasteiger partial charge in [0.05, 0.1) is 10.5 Å². The van der Waals surface area contributed by atoms with E-state index in [-0.39, 0.29) is 5.60 Å². The van der Waals surface area contributed by atoms with Gasteiger partial charge in [0.2, 0.25) is 0 Å². The molecule has 1 saturated carbocycles. The predicted octanol–water partition coefficient (Wildman–Crippen LogP) is 4.79. The van der Waals surface area contributed by atoms with Crippen molar-refractivity contribution in [2.75, 3.05) is 18.5 Å². The average molecular weight is 398 g/mol. The molecule has 3 fully saturated rings. The number of nitrogens with one attached hydrogen (secondary N) is 2. The number of benzene rings is 1. The van der Waals surface area contributed by atoms with Gasteiger partial charge in [-0.2, -0.15) is 0 Å². The van der Waals surface area contributed by atoms with E-state index in [1.807, 2.05) is 6.20 Å². The van der Waals surface area contributed by atoms with Crippen LogP contribution in [0.2, 0.25) is 0 Å². The van der Waals surface area contributed by atoms with Crippen LogP contribution in [0.4, 0.5) is 5.13 Å². The van der Waals surface area contributed by atoms with E-state index < -0.39 is 0 Å². The van der Waals surface area contributed by atoms with Crippen LogP contribution in [-0.2, 0) is 4.74 Å². The molecule has 1 aromatic carbocycles. The van der Waals surface area contributed by atoms with Crippen molar-refractivity contribution in [1.29, 1.82) is 0 Å². The topological polar surface area (TPSA) is 46.2 Å². The van der Waals surface area contributed by atoms with Crippen LogP contribution in [-0.4, -0.2) is 35.8 Å². The SMILES string of the molecule is CC1(C)C[C@@H]([C@@H]2NC[C@H]3C[C@H](Nc4ncc(-c5ccccc5)s4)C[C@@H]32)CCO1. The highest BCUT2D eigenvalue weighted by molar-refractivity contribution is 7.18. The number of aromatic nitrogens is 1. The van der Waals surface area contributed by atoms with E-state index in [1.165, 1.54) is 42.7 Å². The van der Waals surface area contributed by atoms with Crippen LogP contribution in [0.3, 0.4) is 0 Å². The molecule has 0 amide bonds. The van der Waals surface area contributed by atoms with Gasteiger partial charge in [-0.1, -0.05) is 41.7 Å². The third kappa shape index (κ3) is 3.72. The van der Waals surface area contributed by atoms with Gasteiger partial charge in [0.25, 0.3) is 0 Å². The average Bonchev–Trinajstić information content (AvgIpc) is 3.38. The Kier molecular flexibility index (Phi) is 4.93. The number of ether oxygens (including phenoxy) is 1. The molecule has 5 heteroatoms. The van der Waals surface area contributed by atoms with Crippen molar-refractivity contribution < 1.29 is 4.74 Å². The molecule has 4 nitrogen and oxygen atoms in total. The summed E-state index contributed by atoms with van der Waals surface area (Å²) in [6, 6.07) is 11.8. The minimum absolute atomic E-state index is 0.0354. The number of anilines is 1. The molecule has 0 spiro atoms. The molecule has 2 aromatic rings. The summed E-state index contributed by atoms with van der Waals surface area (Å²) in [7, 11) is 0. The van der Waals surface area contributed by atoms with E-state index >= 15 is 0 Å². The Morgan fingerprint density at radius 3 is 2.86 bits per heavy atom. The maximum atomic E-state index is 5.96. The van der Waals surface area contributed by atoms with Crippen LogP contribution in [0.5, 0.6) is 0 Å². The molecule has 0 unspecified atom stereocenters. The summed E-state index contributed by atoms with van der Waals surface area (Å²) in [6.45, 7) is 6.59. The van der Waals surface area contributed by atoms with Gasteiger partial charge in [-0.3, -0.25) is 0 Å². The van der Waals surface area contributed by atoms with Crippen LogP contribution in [0.1, 0.15) is 39.5 Å². The lowest BCUT2D eigenvalue weighted by Gasteiger charge is -2.40. The minimum Gasteiger partial charge on any atom is -0.376 e. The number of hydrogen-bond acceptors (Lipinski definition) is 5. The highest BCUT2D eigenvalue weighted by Gasteiger charge is 2.47. The van der Waals surface area contributed by atoms with Crippen molar-refractivity contribution in [1.82, 2.24) is 10.3 Å². The second-order valence-corrected chi connectivity index (χ2v) is 10.5. The minimum atomic E-state index is 0.0354. The fourth-order valence-electron chi connectivity index (χ4n) is 5.74. The van der Waals surface area contributed by atoms with Crippen LogP contribution >= 0.6 is 11.3 Å². The molecular formula is C23H31N3OS. The molecule has 1 aliphatic carbocycles. The molecule has 28 heavy (non-hydrogen) atoms. The van der Waals surface area contributed by atoms with E-state index in [4.69, 9.17) is 4.74 Å². The molecule has 1 aromatic heterocycles. The molecule has 3 heterocycles. The normalized spacial score (nSPS) is 34.3. The fourth-order valence-corrected chi connectivity index (χ4v) is 6.64. The second-order valence-electron chi connectivity index (χ2n) is 9.43. The number of fused-ring (bicyclic) bond motifs is 1. The Morgan fingerprint density at radius 1 is 1.18 bits per heavy atom. The van der Waals surface area contributed by atoms with Gasteiger partial charge in [0.1, 0.15) is 0 Å². The molecule has 0 bridgehead atoms. The summed E-state index contributed by atoms with van der Waals surface area (Å²) in [5.74, 6) is 2.36. The zero-order valence-electron chi connectivity index (χ0n) is 16.9. The van der Waals surface area contributed by atoms with Crippen LogP contribution in [0, 0.1) is 17.8 Å². The standard InChI is InChI=1S/C23H31N3OS/c1-23(2)12-16(8-9-27-23)21-19-11-18(10-17(19)13-24-21)26-22-25-14-20(28-22)15-6-4-3-5-7-15/h3-7,14,16-19,21,24H,8-13H2,1-2H3,(H,25,26)/t16-,17+,18-,19-,21-/m0/s1. The summed E-state index contributed by atoms with van der Waals surface area (Å²) in [5.41, 5.74) is 1.29. The molecular weight excluding hydrogens is 366 g/mol. The quantitative estimate of drug-likeness (QED) is 0.778. The number of hydrogen-bond donors (Lipinski definition) is 2. The van der Waals surface area contributed by atoms with Gasteiger partial charge >= 0.3 is 0 Å². The summed E-state index contributed by atoms with van der Waals surface area (Å²) >= 11 is 1.78. The van der Waals surface area contributed by atoms with Gasteiger partial charge < -0.3 is 15.4 Å². The highest BCUT2D eigenvalue weighted by atomic mass is 32.1.